The van der Waals surface area contributed by atoms with Crippen LogP contribution in [0.1, 0.15) is 73.3 Å². The molecule has 1 N–H and O–H groups in total. The van der Waals surface area contributed by atoms with Crippen LogP contribution in [0, 0.1) is 5.92 Å². The molecule has 0 saturated heterocycles. The van der Waals surface area contributed by atoms with Crippen molar-refractivity contribution in [2.75, 3.05) is 0 Å². The Hall–Kier alpha value is -2.72. The molecule has 3 aromatic heterocycles. The molecule has 4 nitrogen and oxygen atoms in total. The van der Waals surface area contributed by atoms with Gasteiger partial charge in [0.25, 0.3) is 0 Å². The van der Waals surface area contributed by atoms with Crippen LogP contribution in [0.15, 0.2) is 61.2 Å². The lowest BCUT2D eigenvalue weighted by Gasteiger charge is -2.33. The molecule has 0 aliphatic heterocycles. The first-order valence-corrected chi connectivity index (χ1v) is 11.3. The molecule has 4 aromatic rings. The Bertz CT molecular complexity index is 1200. The lowest BCUT2D eigenvalue weighted by molar-refractivity contribution is 0.0754. The van der Waals surface area contributed by atoms with Crippen LogP contribution in [0.4, 0.5) is 0 Å². The first kappa shape index (κ1) is 18.1. The predicted molar refractivity (Wildman–Crippen MR) is 119 cm³/mol. The van der Waals surface area contributed by atoms with Crippen molar-refractivity contribution in [3.8, 4) is 0 Å². The quantitative estimate of drug-likeness (QED) is 0.476. The van der Waals surface area contributed by atoms with Gasteiger partial charge in [-0.2, -0.15) is 0 Å². The highest BCUT2D eigenvalue weighted by Crippen LogP contribution is 2.47. The summed E-state index contributed by atoms with van der Waals surface area (Å²) < 4.78 is 2.13. The van der Waals surface area contributed by atoms with Gasteiger partial charge in [0.15, 0.2) is 0 Å². The summed E-state index contributed by atoms with van der Waals surface area (Å²) in [6.07, 6.45) is 12.1. The van der Waals surface area contributed by atoms with Crippen LogP contribution in [-0.2, 0) is 0 Å². The Kier molecular flexibility index (Phi) is 4.34. The average molecular weight is 398 g/mol. The van der Waals surface area contributed by atoms with Crippen LogP contribution in [0.3, 0.4) is 0 Å². The van der Waals surface area contributed by atoms with Crippen molar-refractivity contribution in [2.45, 2.75) is 56.5 Å². The molecule has 0 amide bonds. The zero-order valence-electron chi connectivity index (χ0n) is 17.1. The zero-order valence-corrected chi connectivity index (χ0v) is 17.1. The third-order valence-corrected chi connectivity index (χ3v) is 7.27. The first-order chi connectivity index (χ1) is 14.8. The lowest BCUT2D eigenvalue weighted by atomic mass is 9.75. The number of hydrogen-bond donors (Lipinski definition) is 1. The highest BCUT2D eigenvalue weighted by atomic mass is 16.3. The smallest absolute Gasteiger partial charge is 0.0995 e. The molecule has 2 fully saturated rings. The maximum absolute atomic E-state index is 11.5. The van der Waals surface area contributed by atoms with E-state index in [1.807, 2.05) is 24.8 Å². The Morgan fingerprint density at radius 1 is 0.933 bits per heavy atom. The number of aromatic nitrogens is 3. The highest BCUT2D eigenvalue weighted by molar-refractivity contribution is 5.79. The van der Waals surface area contributed by atoms with Gasteiger partial charge >= 0.3 is 0 Å². The number of aliphatic hydroxyl groups excluding tert-OH is 1. The number of imidazole rings is 1. The Balaban J connectivity index is 1.24. The number of nitrogens with zero attached hydrogens (tertiary/aromatic N) is 3. The second-order valence-corrected chi connectivity index (χ2v) is 9.15. The Morgan fingerprint density at radius 2 is 1.77 bits per heavy atom. The third-order valence-electron chi connectivity index (χ3n) is 7.27. The molecule has 2 saturated carbocycles. The standard InChI is InChI=1S/C26H27N3O/c30-26(25-23(18-5-6-18)11-10-22-15-27-16-29(22)25)19-7-3-17(4-8-19)20-9-12-24-21(14-20)2-1-13-28-24/h1-2,9-19,26,30H,3-8H2/t17?,19?,26-/m0/s1. The van der Waals surface area contributed by atoms with Gasteiger partial charge in [0, 0.05) is 11.6 Å². The van der Waals surface area contributed by atoms with Gasteiger partial charge in [0.2, 0.25) is 0 Å². The number of pyridine rings is 2. The van der Waals surface area contributed by atoms with Crippen LogP contribution in [0.2, 0.25) is 0 Å². The summed E-state index contributed by atoms with van der Waals surface area (Å²) in [6.45, 7) is 0. The minimum Gasteiger partial charge on any atom is -0.387 e. The van der Waals surface area contributed by atoms with E-state index < -0.39 is 6.10 Å². The topological polar surface area (TPSA) is 50.4 Å². The molecule has 0 spiro atoms. The number of hydrogen-bond acceptors (Lipinski definition) is 3. The third kappa shape index (κ3) is 3.10. The fourth-order valence-electron chi connectivity index (χ4n) is 5.42. The number of fused-ring (bicyclic) bond motifs is 2. The summed E-state index contributed by atoms with van der Waals surface area (Å²) in [6, 6.07) is 15.2. The van der Waals surface area contributed by atoms with Crippen molar-refractivity contribution >= 4 is 16.4 Å². The minimum atomic E-state index is -0.416. The molecular formula is C26H27N3O. The van der Waals surface area contributed by atoms with E-state index in [0.29, 0.717) is 17.8 Å². The molecule has 4 heteroatoms. The Labute approximate surface area is 176 Å². The van der Waals surface area contributed by atoms with Crippen LogP contribution < -0.4 is 0 Å². The molecular weight excluding hydrogens is 370 g/mol. The van der Waals surface area contributed by atoms with E-state index in [-0.39, 0.29) is 0 Å². The van der Waals surface area contributed by atoms with Crippen molar-refractivity contribution in [3.05, 3.63) is 78.0 Å². The molecule has 1 aromatic carbocycles. The maximum Gasteiger partial charge on any atom is 0.0995 e. The van der Waals surface area contributed by atoms with Crippen LogP contribution >= 0.6 is 0 Å². The Morgan fingerprint density at radius 3 is 2.60 bits per heavy atom. The zero-order chi connectivity index (χ0) is 20.1. The van der Waals surface area contributed by atoms with E-state index in [4.69, 9.17) is 0 Å². The van der Waals surface area contributed by atoms with Gasteiger partial charge in [-0.25, -0.2) is 4.98 Å². The number of aliphatic hydroxyl groups is 1. The van der Waals surface area contributed by atoms with Gasteiger partial charge in [0.05, 0.1) is 35.4 Å². The number of benzene rings is 1. The predicted octanol–water partition coefficient (Wildman–Crippen LogP) is 5.77. The molecule has 2 aliphatic rings. The summed E-state index contributed by atoms with van der Waals surface area (Å²) in [7, 11) is 0. The molecule has 2 aliphatic carbocycles. The van der Waals surface area contributed by atoms with Crippen molar-refractivity contribution in [3.63, 3.8) is 0 Å². The fourth-order valence-corrected chi connectivity index (χ4v) is 5.42. The van der Waals surface area contributed by atoms with E-state index in [1.54, 1.807) is 0 Å². The normalized spacial score (nSPS) is 23.1. The van der Waals surface area contributed by atoms with E-state index in [1.165, 1.54) is 29.4 Å². The molecule has 0 unspecified atom stereocenters. The van der Waals surface area contributed by atoms with E-state index >= 15 is 0 Å². The largest absolute Gasteiger partial charge is 0.387 e. The van der Waals surface area contributed by atoms with Crippen molar-refractivity contribution in [1.29, 1.82) is 0 Å². The van der Waals surface area contributed by atoms with Crippen molar-refractivity contribution < 1.29 is 5.11 Å². The summed E-state index contributed by atoms with van der Waals surface area (Å²) in [4.78, 5) is 8.78. The SMILES string of the molecule is O[C@H](c1c(C2CC2)ccc2cncn12)C1CCC(c2ccc3ncccc3c2)CC1. The fraction of sp³-hybridized carbons (Fsp3) is 0.385. The van der Waals surface area contributed by atoms with Crippen LogP contribution in [-0.4, -0.2) is 19.5 Å². The molecule has 0 bridgehead atoms. The summed E-state index contributed by atoms with van der Waals surface area (Å²) in [5.74, 6) is 1.50. The highest BCUT2D eigenvalue weighted by Gasteiger charge is 2.34. The van der Waals surface area contributed by atoms with Crippen molar-refractivity contribution in [1.82, 2.24) is 14.4 Å². The monoisotopic (exact) mass is 397 g/mol. The van der Waals surface area contributed by atoms with Crippen LogP contribution in [0.25, 0.3) is 16.4 Å². The first-order valence-electron chi connectivity index (χ1n) is 11.3. The van der Waals surface area contributed by atoms with E-state index in [2.05, 4.69) is 50.8 Å². The summed E-state index contributed by atoms with van der Waals surface area (Å²) >= 11 is 0. The molecule has 0 radical (unpaired) electrons. The molecule has 30 heavy (non-hydrogen) atoms. The van der Waals surface area contributed by atoms with Crippen LogP contribution in [0.5, 0.6) is 0 Å². The maximum atomic E-state index is 11.5. The molecule has 152 valence electrons. The van der Waals surface area contributed by atoms with Gasteiger partial charge in [-0.1, -0.05) is 18.2 Å². The molecule has 3 heterocycles. The summed E-state index contributed by atoms with van der Waals surface area (Å²) in [5, 5.41) is 12.7. The van der Waals surface area contributed by atoms with E-state index in [0.717, 1.165) is 42.4 Å². The van der Waals surface area contributed by atoms with Gasteiger partial charge in [-0.05, 0) is 91.7 Å². The molecule has 1 atom stereocenters. The minimum absolute atomic E-state index is 0.314. The van der Waals surface area contributed by atoms with Gasteiger partial charge < -0.3 is 9.51 Å². The molecule has 6 rings (SSSR count). The second-order valence-electron chi connectivity index (χ2n) is 9.15. The van der Waals surface area contributed by atoms with Gasteiger partial charge in [-0.3, -0.25) is 4.98 Å². The second kappa shape index (κ2) is 7.21. The lowest BCUT2D eigenvalue weighted by Crippen LogP contribution is -2.22. The van der Waals surface area contributed by atoms with Gasteiger partial charge in [-0.15, -0.1) is 0 Å². The van der Waals surface area contributed by atoms with Crippen molar-refractivity contribution in [2.24, 2.45) is 5.92 Å². The van der Waals surface area contributed by atoms with E-state index in [9.17, 15) is 5.11 Å². The number of rotatable bonds is 4. The van der Waals surface area contributed by atoms with Gasteiger partial charge in [0.1, 0.15) is 0 Å². The summed E-state index contributed by atoms with van der Waals surface area (Å²) in [5.41, 5.74) is 5.97. The average Bonchev–Trinajstić information content (AvgIpc) is 3.54.